The van der Waals surface area contributed by atoms with Crippen molar-refractivity contribution in [2.75, 3.05) is 6.54 Å². The molecule has 0 aromatic heterocycles. The average molecular weight is 296 g/mol. The van der Waals surface area contributed by atoms with E-state index < -0.39 is 0 Å². The van der Waals surface area contributed by atoms with Crippen molar-refractivity contribution in [3.63, 3.8) is 0 Å². The number of amides is 1. The summed E-state index contributed by atoms with van der Waals surface area (Å²) in [5.41, 5.74) is 0. The van der Waals surface area contributed by atoms with E-state index in [0.717, 1.165) is 19.4 Å². The highest BCUT2D eigenvalue weighted by Gasteiger charge is 2.32. The van der Waals surface area contributed by atoms with Crippen LogP contribution in [-0.2, 0) is 4.79 Å². The molecule has 1 atom stereocenters. The van der Waals surface area contributed by atoms with Crippen LogP contribution in [0.25, 0.3) is 0 Å². The van der Waals surface area contributed by atoms with Crippen LogP contribution in [0.1, 0.15) is 104 Å². The third kappa shape index (κ3) is 9.92. The lowest BCUT2D eigenvalue weighted by Crippen LogP contribution is -2.11. The summed E-state index contributed by atoms with van der Waals surface area (Å²) in [4.78, 5) is 13.6. The van der Waals surface area contributed by atoms with Crippen LogP contribution < -0.4 is 0 Å². The number of nitrogens with zero attached hydrogens (tertiary/aromatic N) is 1. The molecule has 2 heteroatoms. The van der Waals surface area contributed by atoms with Gasteiger partial charge in [-0.05, 0) is 13.3 Å². The third-order valence-corrected chi connectivity index (χ3v) is 4.67. The van der Waals surface area contributed by atoms with E-state index in [1.807, 2.05) is 4.90 Å². The van der Waals surface area contributed by atoms with E-state index in [1.54, 1.807) is 0 Å². The largest absolute Gasteiger partial charge is 0.336 e. The summed E-state index contributed by atoms with van der Waals surface area (Å²) in [5.74, 6) is 0.380. The quantitative estimate of drug-likeness (QED) is 0.297. The number of hydrogen-bond donors (Lipinski definition) is 0. The first-order valence-electron chi connectivity index (χ1n) is 9.55. The average Bonchev–Trinajstić information content (AvgIpc) is 3.21. The number of hydrogen-bond acceptors (Lipinski definition) is 1. The van der Waals surface area contributed by atoms with Crippen molar-refractivity contribution in [3.05, 3.63) is 0 Å². The van der Waals surface area contributed by atoms with Crippen LogP contribution in [0.5, 0.6) is 0 Å². The first-order valence-corrected chi connectivity index (χ1v) is 9.55. The molecule has 0 aliphatic carbocycles. The predicted molar refractivity (Wildman–Crippen MR) is 91.5 cm³/mol. The van der Waals surface area contributed by atoms with Crippen molar-refractivity contribution in [2.24, 2.45) is 0 Å². The molecule has 0 radical (unpaired) electrons. The van der Waals surface area contributed by atoms with Gasteiger partial charge in [0, 0.05) is 19.0 Å². The Balaban J connectivity index is 1.70. The van der Waals surface area contributed by atoms with Crippen molar-refractivity contribution < 1.29 is 4.79 Å². The summed E-state index contributed by atoms with van der Waals surface area (Å²) in [6, 6.07) is 0.527. The summed E-state index contributed by atoms with van der Waals surface area (Å²) >= 11 is 0. The van der Waals surface area contributed by atoms with Crippen LogP contribution in [-0.4, -0.2) is 23.4 Å². The molecule has 1 fully saturated rings. The minimum absolute atomic E-state index is 0.380. The summed E-state index contributed by atoms with van der Waals surface area (Å²) in [7, 11) is 0. The Morgan fingerprint density at radius 1 is 0.810 bits per heavy atom. The molecule has 1 saturated heterocycles. The molecular formula is C19H37NO. The summed E-state index contributed by atoms with van der Waals surface area (Å²) in [5, 5.41) is 0. The van der Waals surface area contributed by atoms with Gasteiger partial charge in [-0.3, -0.25) is 4.79 Å². The molecular weight excluding hydrogens is 258 g/mol. The molecule has 1 heterocycles. The van der Waals surface area contributed by atoms with Gasteiger partial charge < -0.3 is 4.90 Å². The summed E-state index contributed by atoms with van der Waals surface area (Å²) in [6.45, 7) is 5.40. The number of carbonyl (C=O) groups is 1. The lowest BCUT2D eigenvalue weighted by atomic mass is 10.0. The standard InChI is InChI=1S/C19H37NO/c1-3-4-5-6-7-8-9-10-11-12-13-14-15-16-19(21)20-17-18(20)2/h18H,3-17H2,1-2H3. The summed E-state index contributed by atoms with van der Waals surface area (Å²) < 4.78 is 0. The fraction of sp³-hybridized carbons (Fsp3) is 0.947. The second-order valence-corrected chi connectivity index (χ2v) is 6.89. The highest BCUT2D eigenvalue weighted by molar-refractivity contribution is 5.78. The van der Waals surface area contributed by atoms with Gasteiger partial charge in [0.1, 0.15) is 0 Å². The first-order chi connectivity index (χ1) is 10.3. The fourth-order valence-electron chi connectivity index (χ4n) is 3.02. The molecule has 1 aliphatic rings. The van der Waals surface area contributed by atoms with Crippen LogP contribution >= 0.6 is 0 Å². The van der Waals surface area contributed by atoms with E-state index in [4.69, 9.17) is 0 Å². The van der Waals surface area contributed by atoms with Gasteiger partial charge in [0.05, 0.1) is 0 Å². The number of rotatable bonds is 14. The van der Waals surface area contributed by atoms with Gasteiger partial charge in [-0.15, -0.1) is 0 Å². The molecule has 0 saturated carbocycles. The van der Waals surface area contributed by atoms with Gasteiger partial charge >= 0.3 is 0 Å². The van der Waals surface area contributed by atoms with Crippen LogP contribution in [0, 0.1) is 0 Å². The Labute approximate surface area is 132 Å². The Morgan fingerprint density at radius 2 is 1.19 bits per heavy atom. The van der Waals surface area contributed by atoms with Gasteiger partial charge in [-0.25, -0.2) is 0 Å². The lowest BCUT2D eigenvalue weighted by Gasteiger charge is -2.04. The molecule has 0 aromatic rings. The van der Waals surface area contributed by atoms with E-state index in [2.05, 4.69) is 13.8 Å². The smallest absolute Gasteiger partial charge is 0.222 e. The first kappa shape index (κ1) is 18.5. The zero-order valence-electron chi connectivity index (χ0n) is 14.5. The number of carbonyl (C=O) groups excluding carboxylic acids is 1. The van der Waals surface area contributed by atoms with Gasteiger partial charge in [0.25, 0.3) is 0 Å². The second-order valence-electron chi connectivity index (χ2n) is 6.89. The van der Waals surface area contributed by atoms with Gasteiger partial charge in [-0.1, -0.05) is 84.0 Å². The van der Waals surface area contributed by atoms with E-state index in [9.17, 15) is 4.79 Å². The lowest BCUT2D eigenvalue weighted by molar-refractivity contribution is -0.126. The Morgan fingerprint density at radius 3 is 1.57 bits per heavy atom. The Hall–Kier alpha value is -0.530. The fourth-order valence-corrected chi connectivity index (χ4v) is 3.02. The Kier molecular flexibility index (Phi) is 10.6. The molecule has 0 bridgehead atoms. The van der Waals surface area contributed by atoms with E-state index >= 15 is 0 Å². The molecule has 21 heavy (non-hydrogen) atoms. The molecule has 1 aliphatic heterocycles. The number of unbranched alkanes of at least 4 members (excludes halogenated alkanes) is 12. The predicted octanol–water partition coefficient (Wildman–Crippen LogP) is 5.70. The van der Waals surface area contributed by atoms with Crippen LogP contribution in [0.15, 0.2) is 0 Å². The van der Waals surface area contributed by atoms with Crippen molar-refractivity contribution >= 4 is 5.91 Å². The maximum atomic E-state index is 11.6. The normalized spacial score (nSPS) is 17.2. The molecule has 1 unspecified atom stereocenters. The van der Waals surface area contributed by atoms with Crippen LogP contribution in [0.4, 0.5) is 0 Å². The van der Waals surface area contributed by atoms with Crippen LogP contribution in [0.3, 0.4) is 0 Å². The van der Waals surface area contributed by atoms with Gasteiger partial charge in [-0.2, -0.15) is 0 Å². The van der Waals surface area contributed by atoms with E-state index in [1.165, 1.54) is 77.0 Å². The summed E-state index contributed by atoms with van der Waals surface area (Å²) in [6.07, 6.45) is 18.6. The third-order valence-electron chi connectivity index (χ3n) is 4.67. The van der Waals surface area contributed by atoms with E-state index in [-0.39, 0.29) is 0 Å². The maximum Gasteiger partial charge on any atom is 0.222 e. The molecule has 1 rings (SSSR count). The molecule has 1 amide bonds. The molecule has 0 N–H and O–H groups in total. The topological polar surface area (TPSA) is 20.1 Å². The SMILES string of the molecule is CCCCCCCCCCCCCCCC(=O)N1CC1C. The zero-order chi connectivity index (χ0) is 15.3. The highest BCUT2D eigenvalue weighted by atomic mass is 16.2. The molecule has 2 nitrogen and oxygen atoms in total. The minimum Gasteiger partial charge on any atom is -0.336 e. The van der Waals surface area contributed by atoms with E-state index in [0.29, 0.717) is 11.9 Å². The van der Waals surface area contributed by atoms with Crippen molar-refractivity contribution in [3.8, 4) is 0 Å². The molecule has 0 spiro atoms. The molecule has 124 valence electrons. The van der Waals surface area contributed by atoms with Crippen LogP contribution in [0.2, 0.25) is 0 Å². The Bertz CT molecular complexity index is 264. The van der Waals surface area contributed by atoms with Crippen molar-refractivity contribution in [1.29, 1.82) is 0 Å². The van der Waals surface area contributed by atoms with Crippen molar-refractivity contribution in [1.82, 2.24) is 4.90 Å². The zero-order valence-corrected chi connectivity index (χ0v) is 14.5. The van der Waals surface area contributed by atoms with Crippen molar-refractivity contribution in [2.45, 2.75) is 110 Å². The highest BCUT2D eigenvalue weighted by Crippen LogP contribution is 2.19. The monoisotopic (exact) mass is 295 g/mol. The molecule has 0 aromatic carbocycles. The minimum atomic E-state index is 0.380. The van der Waals surface area contributed by atoms with Gasteiger partial charge in [0.15, 0.2) is 0 Å². The maximum absolute atomic E-state index is 11.6. The second kappa shape index (κ2) is 12.1. The van der Waals surface area contributed by atoms with Gasteiger partial charge in [0.2, 0.25) is 5.91 Å².